The van der Waals surface area contributed by atoms with Crippen LogP contribution in [0.4, 0.5) is 0 Å². The summed E-state index contributed by atoms with van der Waals surface area (Å²) in [5.41, 5.74) is 7.27. The topological polar surface area (TPSA) is 95.1 Å². The van der Waals surface area contributed by atoms with Gasteiger partial charge in [0.25, 0.3) is 0 Å². The fourth-order valence-electron chi connectivity index (χ4n) is 3.53. The van der Waals surface area contributed by atoms with E-state index in [1.54, 1.807) is 11.0 Å². The molecule has 0 bridgehead atoms. The number of carbonyl (C=O) groups is 1. The van der Waals surface area contributed by atoms with Crippen molar-refractivity contribution < 1.29 is 9.53 Å². The Kier molecular flexibility index (Phi) is 8.44. The summed E-state index contributed by atoms with van der Waals surface area (Å²) in [6.07, 6.45) is 3.74. The van der Waals surface area contributed by atoms with E-state index in [0.29, 0.717) is 26.1 Å². The zero-order valence-electron chi connectivity index (χ0n) is 16.4. The molecule has 0 radical (unpaired) electrons. The number of hydrogen-bond acceptors (Lipinski definition) is 5. The molecule has 0 saturated heterocycles. The third-order valence-electron chi connectivity index (χ3n) is 5.59. The van der Waals surface area contributed by atoms with Crippen molar-refractivity contribution in [1.29, 1.82) is 0 Å². The molecule has 156 valence electrons. The number of carbonyl (C=O) groups excluding carboxylic acids is 1. The van der Waals surface area contributed by atoms with E-state index < -0.39 is 11.0 Å². The van der Waals surface area contributed by atoms with Crippen LogP contribution < -0.4 is 11.1 Å². The van der Waals surface area contributed by atoms with Gasteiger partial charge in [-0.2, -0.15) is 5.10 Å². The van der Waals surface area contributed by atoms with Gasteiger partial charge in [-0.05, 0) is 18.1 Å². The smallest absolute Gasteiger partial charge is 0.241 e. The number of nitrogens with two attached hydrogens (primary N) is 1. The Balaban J connectivity index is 0.00000196. The van der Waals surface area contributed by atoms with Crippen LogP contribution in [-0.2, 0) is 22.6 Å². The summed E-state index contributed by atoms with van der Waals surface area (Å²) in [5, 5.41) is 7.15. The lowest BCUT2D eigenvalue weighted by molar-refractivity contribution is -0.170. The van der Waals surface area contributed by atoms with Gasteiger partial charge in [0.1, 0.15) is 18.2 Å². The minimum atomic E-state index is -0.909. The van der Waals surface area contributed by atoms with Gasteiger partial charge in [0.05, 0.1) is 12.6 Å². The monoisotopic (exact) mass is 429 g/mol. The molecular weight excluding hydrogens is 401 g/mol. The molecule has 1 heterocycles. The Morgan fingerprint density at radius 3 is 2.57 bits per heavy atom. The Labute approximate surface area is 178 Å². The van der Waals surface area contributed by atoms with Crippen molar-refractivity contribution in [3.8, 4) is 0 Å². The van der Waals surface area contributed by atoms with E-state index in [-0.39, 0.29) is 36.8 Å². The Bertz CT molecular complexity index is 769. The lowest BCUT2D eigenvalue weighted by atomic mass is 9.54. The first-order valence-corrected chi connectivity index (χ1v) is 8.96. The minimum Gasteiger partial charge on any atom is -0.378 e. The molecule has 1 aliphatic carbocycles. The van der Waals surface area contributed by atoms with Crippen molar-refractivity contribution in [1.82, 2.24) is 20.1 Å². The van der Waals surface area contributed by atoms with Gasteiger partial charge in [-0.3, -0.25) is 4.79 Å². The maximum atomic E-state index is 12.8. The molecule has 3 rings (SSSR count). The second-order valence-corrected chi connectivity index (χ2v) is 7.39. The van der Waals surface area contributed by atoms with Crippen LogP contribution in [0.15, 0.2) is 36.9 Å². The summed E-state index contributed by atoms with van der Waals surface area (Å²) in [4.78, 5) is 16.8. The lowest BCUT2D eigenvalue weighted by Crippen LogP contribution is -2.75. The van der Waals surface area contributed by atoms with Crippen LogP contribution >= 0.6 is 24.8 Å². The first-order chi connectivity index (χ1) is 12.4. The van der Waals surface area contributed by atoms with E-state index in [0.717, 1.165) is 11.1 Å². The SMILES string of the molecule is CCOC1CC(N)(C(=O)NCc2ccccc2Cn2cncn2)C1(C)C.Cl.Cl. The molecule has 3 N–H and O–H groups in total. The van der Waals surface area contributed by atoms with Crippen LogP contribution in [0.3, 0.4) is 0 Å². The number of benzene rings is 1. The highest BCUT2D eigenvalue weighted by Crippen LogP contribution is 2.49. The van der Waals surface area contributed by atoms with E-state index in [2.05, 4.69) is 15.4 Å². The van der Waals surface area contributed by atoms with Gasteiger partial charge in [-0.15, -0.1) is 24.8 Å². The number of nitrogens with zero attached hydrogens (tertiary/aromatic N) is 3. The first kappa shape index (κ1) is 24.4. The molecule has 2 unspecified atom stereocenters. The maximum absolute atomic E-state index is 12.8. The normalized spacial score (nSPS) is 22.4. The van der Waals surface area contributed by atoms with Crippen LogP contribution in [-0.4, -0.2) is 38.9 Å². The van der Waals surface area contributed by atoms with Gasteiger partial charge in [0.15, 0.2) is 0 Å². The largest absolute Gasteiger partial charge is 0.378 e. The number of rotatable bonds is 7. The fraction of sp³-hybridized carbons (Fsp3) is 0.526. The van der Waals surface area contributed by atoms with Crippen LogP contribution in [0.1, 0.15) is 38.3 Å². The second kappa shape index (κ2) is 9.69. The molecule has 0 spiro atoms. The van der Waals surface area contributed by atoms with Gasteiger partial charge >= 0.3 is 0 Å². The van der Waals surface area contributed by atoms with Crippen molar-refractivity contribution in [3.63, 3.8) is 0 Å². The van der Waals surface area contributed by atoms with Gasteiger partial charge in [-0.1, -0.05) is 38.1 Å². The first-order valence-electron chi connectivity index (χ1n) is 8.96. The second-order valence-electron chi connectivity index (χ2n) is 7.39. The van der Waals surface area contributed by atoms with E-state index >= 15 is 0 Å². The van der Waals surface area contributed by atoms with E-state index in [9.17, 15) is 4.79 Å². The van der Waals surface area contributed by atoms with Crippen LogP contribution in [0.25, 0.3) is 0 Å². The molecule has 1 amide bonds. The highest BCUT2D eigenvalue weighted by atomic mass is 35.5. The average Bonchev–Trinajstić information content (AvgIpc) is 3.13. The fourth-order valence-corrected chi connectivity index (χ4v) is 3.53. The molecule has 1 aromatic carbocycles. The highest BCUT2D eigenvalue weighted by molar-refractivity contribution is 5.88. The Morgan fingerprint density at radius 1 is 1.32 bits per heavy atom. The van der Waals surface area contributed by atoms with Crippen molar-refractivity contribution >= 4 is 30.7 Å². The number of ether oxygens (including phenoxy) is 1. The lowest BCUT2D eigenvalue weighted by Gasteiger charge is -2.57. The van der Waals surface area contributed by atoms with Gasteiger partial charge < -0.3 is 15.8 Å². The third kappa shape index (κ3) is 4.49. The molecule has 0 aliphatic heterocycles. The number of halogens is 2. The van der Waals surface area contributed by atoms with E-state index in [1.807, 2.05) is 45.0 Å². The highest BCUT2D eigenvalue weighted by Gasteiger charge is 2.62. The third-order valence-corrected chi connectivity index (χ3v) is 5.59. The predicted molar refractivity (Wildman–Crippen MR) is 113 cm³/mol. The van der Waals surface area contributed by atoms with Crippen molar-refractivity contribution in [2.24, 2.45) is 11.1 Å². The number of aromatic nitrogens is 3. The van der Waals surface area contributed by atoms with Gasteiger partial charge in [0.2, 0.25) is 5.91 Å². The van der Waals surface area contributed by atoms with Gasteiger partial charge in [0, 0.05) is 25.0 Å². The Hall–Kier alpha value is -1.67. The molecule has 1 aromatic heterocycles. The standard InChI is InChI=1S/C19H27N5O2.2ClH/c1-4-26-16-9-19(20,18(16,2)3)17(25)22-10-14-7-5-6-8-15(14)11-24-13-21-12-23-24;;/h5-8,12-13,16H,4,9-11,20H2,1-3H3,(H,22,25);2*1H. The molecule has 28 heavy (non-hydrogen) atoms. The molecule has 9 heteroatoms. The number of nitrogens with one attached hydrogen (secondary N) is 1. The van der Waals surface area contributed by atoms with Gasteiger partial charge in [-0.25, -0.2) is 9.67 Å². The van der Waals surface area contributed by atoms with Crippen LogP contribution in [0.5, 0.6) is 0 Å². The number of amides is 1. The summed E-state index contributed by atoms with van der Waals surface area (Å²) < 4.78 is 7.46. The molecule has 1 fully saturated rings. The van der Waals surface area contributed by atoms with E-state index in [1.165, 1.54) is 6.33 Å². The molecule has 1 aliphatic rings. The zero-order chi connectivity index (χ0) is 18.8. The molecule has 1 saturated carbocycles. The maximum Gasteiger partial charge on any atom is 0.241 e. The summed E-state index contributed by atoms with van der Waals surface area (Å²) in [6.45, 7) is 7.61. The molecular formula is C19H29Cl2N5O2. The molecule has 2 atom stereocenters. The summed E-state index contributed by atoms with van der Waals surface area (Å²) in [6, 6.07) is 7.97. The average molecular weight is 430 g/mol. The predicted octanol–water partition coefficient (Wildman–Crippen LogP) is 2.32. The van der Waals surface area contributed by atoms with Crippen molar-refractivity contribution in [3.05, 3.63) is 48.0 Å². The van der Waals surface area contributed by atoms with E-state index in [4.69, 9.17) is 10.5 Å². The minimum absolute atomic E-state index is 0. The van der Waals surface area contributed by atoms with Crippen LogP contribution in [0.2, 0.25) is 0 Å². The van der Waals surface area contributed by atoms with Crippen molar-refractivity contribution in [2.45, 2.75) is 51.9 Å². The number of hydrogen-bond donors (Lipinski definition) is 2. The summed E-state index contributed by atoms with van der Waals surface area (Å²) in [7, 11) is 0. The quantitative estimate of drug-likeness (QED) is 0.703. The molecule has 2 aromatic rings. The Morgan fingerprint density at radius 2 is 2.00 bits per heavy atom. The van der Waals surface area contributed by atoms with Crippen molar-refractivity contribution in [2.75, 3.05) is 6.61 Å². The molecule has 7 nitrogen and oxygen atoms in total. The summed E-state index contributed by atoms with van der Waals surface area (Å²) in [5.74, 6) is -0.131. The zero-order valence-corrected chi connectivity index (χ0v) is 18.1. The summed E-state index contributed by atoms with van der Waals surface area (Å²) >= 11 is 0. The van der Waals surface area contributed by atoms with Crippen LogP contribution in [0, 0.1) is 5.41 Å².